The van der Waals surface area contributed by atoms with E-state index in [1.54, 1.807) is 0 Å². The van der Waals surface area contributed by atoms with Crippen LogP contribution in [0.3, 0.4) is 0 Å². The number of fused-ring (bicyclic) bond motifs is 7. The molecule has 0 amide bonds. The van der Waals surface area contributed by atoms with E-state index in [2.05, 4.69) is 295 Å². The summed E-state index contributed by atoms with van der Waals surface area (Å²) in [4.78, 5) is 10.3. The number of para-hydroxylation sites is 6. The molecule has 6 heteroatoms. The van der Waals surface area contributed by atoms with E-state index in [9.17, 15) is 0 Å². The highest BCUT2D eigenvalue weighted by Crippen LogP contribution is 2.65. The molecule has 0 N–H and O–H groups in total. The van der Waals surface area contributed by atoms with Crippen LogP contribution in [0, 0.1) is 23.7 Å². The Morgan fingerprint density at radius 2 is 0.965 bits per heavy atom. The molecule has 0 saturated heterocycles. The van der Waals surface area contributed by atoms with E-state index in [4.69, 9.17) is 9.72 Å². The Bertz CT molecular complexity index is 4640. The van der Waals surface area contributed by atoms with Gasteiger partial charge >= 0.3 is 0 Å². The normalized spacial score (nSPS) is 19.8. The Hall–Kier alpha value is -9.65. The topological polar surface area (TPSA) is 38.5 Å². The number of hydrogen-bond acceptors (Lipinski definition) is 4. The van der Waals surface area contributed by atoms with Crippen molar-refractivity contribution in [3.63, 3.8) is 0 Å². The number of hydrogen-bond donors (Lipinski definition) is 0. The largest absolute Gasteiger partial charge is 0.457 e. The Morgan fingerprint density at radius 1 is 0.419 bits per heavy atom. The molecule has 4 bridgehead atoms. The molecule has 4 heterocycles. The molecule has 0 spiro atoms. The van der Waals surface area contributed by atoms with Gasteiger partial charge in [-0.15, -0.1) is 0 Å². The molecular formula is C80H67N5O. The number of aromatic nitrogens is 3. The number of ether oxygens (including phenoxy) is 1. The first kappa shape index (κ1) is 50.8. The van der Waals surface area contributed by atoms with Crippen LogP contribution in [0.15, 0.2) is 255 Å². The Morgan fingerprint density at radius 3 is 1.57 bits per heavy atom. The van der Waals surface area contributed by atoms with Crippen LogP contribution in [0.25, 0.3) is 77.4 Å². The van der Waals surface area contributed by atoms with Gasteiger partial charge in [-0.25, -0.2) is 4.98 Å². The van der Waals surface area contributed by atoms with Gasteiger partial charge in [-0.3, -0.25) is 4.57 Å². The second-order valence-corrected chi connectivity index (χ2v) is 26.0. The zero-order valence-corrected chi connectivity index (χ0v) is 48.9. The smallest absolute Gasteiger partial charge is 0.137 e. The van der Waals surface area contributed by atoms with E-state index >= 15 is 0 Å². The Labute approximate surface area is 503 Å². The molecule has 0 unspecified atom stereocenters. The molecule has 418 valence electrons. The summed E-state index contributed by atoms with van der Waals surface area (Å²) < 4.78 is 12.1. The van der Waals surface area contributed by atoms with Crippen molar-refractivity contribution in [1.29, 1.82) is 0 Å². The zero-order chi connectivity index (χ0) is 57.3. The SMILES string of the molecule is CC(C)(C)c1cc(Oc2ccc3c4ccccc4n(-c4cc(C5(c6ccc(-n7c8ccccc8c8ccccc87)cc6)C6CC7CC(C6)CC5C7)ccn4)c3c2)cc(N2CN(c3c(-c4ccccc4)cccc3-c3ccccc3)c3ccccc32)c1. The first-order chi connectivity index (χ1) is 42.2. The predicted octanol–water partition coefficient (Wildman–Crippen LogP) is 20.7. The minimum absolute atomic E-state index is 0.129. The number of anilines is 4. The summed E-state index contributed by atoms with van der Waals surface area (Å²) in [6.45, 7) is 7.50. The van der Waals surface area contributed by atoms with E-state index < -0.39 is 0 Å². The van der Waals surface area contributed by atoms with Crippen molar-refractivity contribution in [2.24, 2.45) is 23.7 Å². The summed E-state index contributed by atoms with van der Waals surface area (Å²) in [5.41, 5.74) is 19.0. The third-order valence-corrected chi connectivity index (χ3v) is 20.2. The first-order valence-electron chi connectivity index (χ1n) is 31.0. The van der Waals surface area contributed by atoms with Crippen LogP contribution in [0.5, 0.6) is 11.5 Å². The van der Waals surface area contributed by atoms with Crippen molar-refractivity contribution in [3.8, 4) is 45.3 Å². The molecule has 1 aliphatic heterocycles. The second-order valence-electron chi connectivity index (χ2n) is 26.0. The van der Waals surface area contributed by atoms with E-state index in [1.165, 1.54) is 115 Å². The maximum absolute atomic E-state index is 7.23. The fraction of sp³-hybridized carbons (Fsp3) is 0.188. The number of rotatable bonds is 10. The van der Waals surface area contributed by atoms with Crippen LogP contribution in [-0.4, -0.2) is 20.8 Å². The molecule has 4 fully saturated rings. The lowest BCUT2D eigenvalue weighted by molar-refractivity contribution is -0.0418. The van der Waals surface area contributed by atoms with Crippen LogP contribution >= 0.6 is 0 Å². The molecule has 18 rings (SSSR count). The Balaban J connectivity index is 0.761. The van der Waals surface area contributed by atoms with Crippen molar-refractivity contribution in [1.82, 2.24) is 14.1 Å². The summed E-state index contributed by atoms with van der Waals surface area (Å²) in [5, 5.41) is 4.95. The summed E-state index contributed by atoms with van der Waals surface area (Å²) in [6, 6.07) is 91.9. The average Bonchev–Trinajstić information content (AvgIpc) is 0.925. The van der Waals surface area contributed by atoms with E-state index in [0.29, 0.717) is 18.5 Å². The highest BCUT2D eigenvalue weighted by molar-refractivity contribution is 6.10. The summed E-state index contributed by atoms with van der Waals surface area (Å²) in [7, 11) is 0. The third kappa shape index (κ3) is 8.02. The van der Waals surface area contributed by atoms with Crippen molar-refractivity contribution in [2.45, 2.75) is 63.7 Å². The molecular weight excluding hydrogens is 1050 g/mol. The molecule has 4 aliphatic carbocycles. The summed E-state index contributed by atoms with van der Waals surface area (Å²) in [6.07, 6.45) is 8.64. The van der Waals surface area contributed by atoms with Gasteiger partial charge in [0.05, 0.1) is 39.1 Å². The fourth-order valence-corrected chi connectivity index (χ4v) is 16.7. The summed E-state index contributed by atoms with van der Waals surface area (Å²) >= 11 is 0. The third-order valence-electron chi connectivity index (χ3n) is 20.2. The van der Waals surface area contributed by atoms with Crippen LogP contribution in [0.1, 0.15) is 69.6 Å². The zero-order valence-electron chi connectivity index (χ0n) is 48.9. The van der Waals surface area contributed by atoms with Gasteiger partial charge in [0.1, 0.15) is 24.0 Å². The summed E-state index contributed by atoms with van der Waals surface area (Å²) in [5.74, 6) is 5.28. The average molecular weight is 1110 g/mol. The van der Waals surface area contributed by atoms with Crippen molar-refractivity contribution in [3.05, 3.63) is 272 Å². The van der Waals surface area contributed by atoms with Crippen molar-refractivity contribution in [2.75, 3.05) is 16.5 Å². The molecule has 4 saturated carbocycles. The molecule has 86 heavy (non-hydrogen) atoms. The molecule has 0 atom stereocenters. The number of benzene rings is 10. The molecule has 6 nitrogen and oxygen atoms in total. The quantitative estimate of drug-likeness (QED) is 0.137. The van der Waals surface area contributed by atoms with Crippen LogP contribution < -0.4 is 14.5 Å². The standard InChI is InChI=1S/C80H67N5O/c1-79(2,3)58-46-62(82-51-83(75-32-17-16-31-74(75)82)78-65(54-19-6-4-7-20-54)26-18-27-66(78)55-21-8-5-9-22-55)49-64(47-58)86-63-37-38-70-69-25-12-15-30-73(69)85(76(70)50-63)77-48-57(39-40-81-77)80(59-42-52-41-53(44-59)45-60(80)43-52)56-33-35-61(36-34-56)84-71-28-13-10-23-67(71)68-24-11-14-29-72(68)84/h4-40,46-50,52-53,59-60H,41-45,51H2,1-3H3. The van der Waals surface area contributed by atoms with Gasteiger partial charge < -0.3 is 19.1 Å². The number of pyridine rings is 1. The minimum atomic E-state index is -0.163. The van der Waals surface area contributed by atoms with Gasteiger partial charge in [0.15, 0.2) is 0 Å². The van der Waals surface area contributed by atoms with Gasteiger partial charge in [0.2, 0.25) is 0 Å². The van der Waals surface area contributed by atoms with Crippen molar-refractivity contribution >= 4 is 66.4 Å². The van der Waals surface area contributed by atoms with E-state index in [1.807, 2.05) is 0 Å². The fourth-order valence-electron chi connectivity index (χ4n) is 16.7. The van der Waals surface area contributed by atoms with Gasteiger partial charge in [-0.05, 0) is 168 Å². The van der Waals surface area contributed by atoms with Crippen LogP contribution in [0.2, 0.25) is 0 Å². The van der Waals surface area contributed by atoms with Crippen LogP contribution in [0.4, 0.5) is 22.7 Å². The predicted molar refractivity (Wildman–Crippen MR) is 355 cm³/mol. The molecule has 3 aromatic heterocycles. The first-order valence-corrected chi connectivity index (χ1v) is 31.0. The van der Waals surface area contributed by atoms with Gasteiger partial charge in [-0.2, -0.15) is 0 Å². The van der Waals surface area contributed by atoms with E-state index in [-0.39, 0.29) is 10.8 Å². The highest BCUT2D eigenvalue weighted by Gasteiger charge is 2.58. The molecule has 0 radical (unpaired) electrons. The highest BCUT2D eigenvalue weighted by atomic mass is 16.5. The van der Waals surface area contributed by atoms with Crippen molar-refractivity contribution < 1.29 is 4.74 Å². The van der Waals surface area contributed by atoms with Gasteiger partial charge in [-0.1, -0.05) is 178 Å². The Kier molecular flexibility index (Phi) is 11.7. The molecule has 5 aliphatic rings. The minimum Gasteiger partial charge on any atom is -0.457 e. The second kappa shape index (κ2) is 19.7. The maximum atomic E-state index is 7.23. The van der Waals surface area contributed by atoms with Gasteiger partial charge in [0.25, 0.3) is 0 Å². The maximum Gasteiger partial charge on any atom is 0.137 e. The van der Waals surface area contributed by atoms with Crippen LogP contribution in [-0.2, 0) is 10.8 Å². The lowest BCUT2D eigenvalue weighted by Gasteiger charge is -2.62. The lowest BCUT2D eigenvalue weighted by Crippen LogP contribution is -2.56. The molecule has 10 aromatic carbocycles. The number of nitrogens with zero attached hydrogens (tertiary/aromatic N) is 5. The molecule has 13 aromatic rings. The lowest BCUT2D eigenvalue weighted by atomic mass is 9.42. The van der Waals surface area contributed by atoms with Gasteiger partial charge in [0, 0.05) is 67.8 Å². The monoisotopic (exact) mass is 1110 g/mol. The van der Waals surface area contributed by atoms with E-state index in [0.717, 1.165) is 57.2 Å².